The molecule has 0 unspecified atom stereocenters. The van der Waals surface area contributed by atoms with Crippen LogP contribution in [0.5, 0.6) is 0 Å². The molecule has 0 bridgehead atoms. The average Bonchev–Trinajstić information content (AvgIpc) is 3.54. The van der Waals surface area contributed by atoms with E-state index in [9.17, 15) is 4.79 Å². The number of nitriles is 1. The Hall–Kier alpha value is -2.88. The van der Waals surface area contributed by atoms with Crippen LogP contribution in [0.15, 0.2) is 48.9 Å². The molecule has 1 saturated carbocycles. The lowest BCUT2D eigenvalue weighted by molar-refractivity contribution is -0.120. The summed E-state index contributed by atoms with van der Waals surface area (Å²) in [5.74, 6) is 0.663. The second-order valence-corrected chi connectivity index (χ2v) is 7.82. The molecule has 0 spiro atoms. The van der Waals surface area contributed by atoms with Crippen LogP contribution in [-0.2, 0) is 10.3 Å². The van der Waals surface area contributed by atoms with Crippen molar-refractivity contribution in [2.75, 3.05) is 18.0 Å². The first-order valence-electron chi connectivity index (χ1n) is 10.1. The van der Waals surface area contributed by atoms with E-state index < -0.39 is 0 Å². The van der Waals surface area contributed by atoms with Crippen molar-refractivity contribution in [3.63, 3.8) is 0 Å². The number of aryl methyl sites for hydroxylation is 1. The van der Waals surface area contributed by atoms with Crippen LogP contribution >= 0.6 is 11.6 Å². The maximum atomic E-state index is 12.2. The maximum Gasteiger partial charge on any atom is 0.225 e. The fraction of sp³-hybridized carbons (Fsp3) is 0.348. The molecular weight excluding hydrogens is 398 g/mol. The van der Waals surface area contributed by atoms with Crippen molar-refractivity contribution in [3.05, 3.63) is 70.6 Å². The molecule has 0 aliphatic heterocycles. The zero-order valence-electron chi connectivity index (χ0n) is 17.3. The zero-order chi connectivity index (χ0) is 21.6. The quantitative estimate of drug-likeness (QED) is 0.637. The van der Waals surface area contributed by atoms with Gasteiger partial charge in [0.05, 0.1) is 5.56 Å². The Morgan fingerprint density at radius 1 is 1.37 bits per heavy atom. The largest absolute Gasteiger partial charge is 0.332 e. The van der Waals surface area contributed by atoms with E-state index in [2.05, 4.69) is 27.8 Å². The third-order valence-electron chi connectivity index (χ3n) is 5.30. The molecule has 1 aromatic carbocycles. The summed E-state index contributed by atoms with van der Waals surface area (Å²) in [6.07, 6.45) is 7.42. The van der Waals surface area contributed by atoms with Gasteiger partial charge in [0.25, 0.3) is 0 Å². The summed E-state index contributed by atoms with van der Waals surface area (Å²) in [5, 5.41) is 16.0. The van der Waals surface area contributed by atoms with Gasteiger partial charge >= 0.3 is 0 Å². The normalized spacial score (nSPS) is 14.3. The molecule has 7 heteroatoms. The van der Waals surface area contributed by atoms with Gasteiger partial charge in [0, 0.05) is 48.7 Å². The second kappa shape index (κ2) is 9.75. The molecular formula is C23H26ClN5O. The number of carbonyl (C=O) groups excluding carboxylic acids is 1. The smallest absolute Gasteiger partial charge is 0.225 e. The van der Waals surface area contributed by atoms with Crippen molar-refractivity contribution in [3.8, 4) is 6.07 Å². The highest BCUT2D eigenvalue weighted by molar-refractivity contribution is 6.31. The van der Waals surface area contributed by atoms with E-state index in [-0.39, 0.29) is 11.4 Å². The van der Waals surface area contributed by atoms with E-state index in [1.54, 1.807) is 24.5 Å². The summed E-state index contributed by atoms with van der Waals surface area (Å²) in [4.78, 5) is 18.3. The molecule has 2 aromatic rings. The third kappa shape index (κ3) is 5.38. The van der Waals surface area contributed by atoms with Crippen LogP contribution in [0.25, 0.3) is 0 Å². The van der Waals surface area contributed by atoms with Crippen molar-refractivity contribution < 1.29 is 4.79 Å². The van der Waals surface area contributed by atoms with Crippen molar-refractivity contribution in [2.24, 2.45) is 0 Å². The predicted octanol–water partition coefficient (Wildman–Crippen LogP) is 4.00. The number of hydrogen-bond acceptors (Lipinski definition) is 5. The van der Waals surface area contributed by atoms with Gasteiger partial charge in [-0.15, -0.1) is 0 Å². The Kier molecular flexibility index (Phi) is 7.09. The van der Waals surface area contributed by atoms with E-state index in [0.717, 1.165) is 29.2 Å². The number of rotatable bonds is 9. The van der Waals surface area contributed by atoms with Crippen molar-refractivity contribution in [1.29, 1.82) is 5.26 Å². The molecule has 156 valence electrons. The van der Waals surface area contributed by atoms with Gasteiger partial charge in [-0.05, 0) is 56.0 Å². The summed E-state index contributed by atoms with van der Waals surface area (Å²) < 4.78 is 0. The van der Waals surface area contributed by atoms with Crippen LogP contribution in [-0.4, -0.2) is 24.0 Å². The first kappa shape index (κ1) is 21.8. The maximum absolute atomic E-state index is 12.2. The number of pyridine rings is 1. The zero-order valence-corrected chi connectivity index (χ0v) is 18.0. The molecule has 1 heterocycles. The van der Waals surface area contributed by atoms with Crippen LogP contribution in [0.2, 0.25) is 5.02 Å². The molecule has 1 amide bonds. The predicted molar refractivity (Wildman–Crippen MR) is 119 cm³/mol. The van der Waals surface area contributed by atoms with Crippen molar-refractivity contribution >= 4 is 23.3 Å². The molecule has 30 heavy (non-hydrogen) atoms. The van der Waals surface area contributed by atoms with Crippen LogP contribution < -0.4 is 15.5 Å². The number of benzene rings is 1. The highest BCUT2D eigenvalue weighted by Gasteiger charge is 2.43. The molecule has 1 fully saturated rings. The summed E-state index contributed by atoms with van der Waals surface area (Å²) in [5.41, 5.74) is 2.72. The first-order valence-corrected chi connectivity index (χ1v) is 10.5. The highest BCUT2D eigenvalue weighted by Crippen LogP contribution is 2.46. The minimum absolute atomic E-state index is 0.0479. The van der Waals surface area contributed by atoms with Crippen LogP contribution in [0, 0.1) is 18.3 Å². The molecule has 0 radical (unpaired) electrons. The van der Waals surface area contributed by atoms with Gasteiger partial charge in [0.1, 0.15) is 11.9 Å². The fourth-order valence-electron chi connectivity index (χ4n) is 3.26. The third-order valence-corrected chi connectivity index (χ3v) is 5.71. The van der Waals surface area contributed by atoms with E-state index in [1.807, 2.05) is 30.9 Å². The highest BCUT2D eigenvalue weighted by atomic mass is 35.5. The van der Waals surface area contributed by atoms with Gasteiger partial charge in [-0.25, -0.2) is 4.98 Å². The van der Waals surface area contributed by atoms with Gasteiger partial charge in [0.15, 0.2) is 0 Å². The average molecular weight is 424 g/mol. The lowest BCUT2D eigenvalue weighted by Crippen LogP contribution is -2.32. The number of aromatic nitrogens is 1. The van der Waals surface area contributed by atoms with Gasteiger partial charge in [-0.3, -0.25) is 4.79 Å². The number of anilines is 1. The summed E-state index contributed by atoms with van der Waals surface area (Å²) >= 11 is 6.26. The molecule has 1 aliphatic carbocycles. The van der Waals surface area contributed by atoms with E-state index in [1.165, 1.54) is 11.8 Å². The van der Waals surface area contributed by atoms with Crippen LogP contribution in [0.3, 0.4) is 0 Å². The molecule has 0 saturated heterocycles. The van der Waals surface area contributed by atoms with Crippen molar-refractivity contribution in [2.45, 2.75) is 38.6 Å². The summed E-state index contributed by atoms with van der Waals surface area (Å²) in [7, 11) is 0. The Labute approximate surface area is 182 Å². The van der Waals surface area contributed by atoms with Crippen molar-refractivity contribution in [1.82, 2.24) is 15.6 Å². The lowest BCUT2D eigenvalue weighted by Gasteiger charge is -2.19. The molecule has 1 aromatic heterocycles. The summed E-state index contributed by atoms with van der Waals surface area (Å²) in [6, 6.07) is 11.7. The molecule has 2 N–H and O–H groups in total. The van der Waals surface area contributed by atoms with Gasteiger partial charge in [-0.2, -0.15) is 5.26 Å². The second-order valence-electron chi connectivity index (χ2n) is 7.41. The first-order chi connectivity index (χ1) is 14.5. The molecule has 6 nitrogen and oxygen atoms in total. The van der Waals surface area contributed by atoms with Crippen LogP contribution in [0.1, 0.15) is 42.9 Å². The number of halogens is 1. The molecule has 1 aliphatic rings. The fourth-order valence-corrected chi connectivity index (χ4v) is 3.44. The van der Waals surface area contributed by atoms with E-state index in [4.69, 9.17) is 16.9 Å². The molecule has 3 rings (SSSR count). The van der Waals surface area contributed by atoms with Crippen LogP contribution in [0.4, 0.5) is 5.82 Å². The van der Waals surface area contributed by atoms with E-state index in [0.29, 0.717) is 25.1 Å². The number of amides is 1. The van der Waals surface area contributed by atoms with Gasteiger partial charge < -0.3 is 15.5 Å². The Balaban J connectivity index is 1.46. The minimum atomic E-state index is -0.0553. The molecule has 0 atom stereocenters. The van der Waals surface area contributed by atoms with Gasteiger partial charge in [0.2, 0.25) is 5.91 Å². The Morgan fingerprint density at radius 3 is 2.77 bits per heavy atom. The number of carbonyl (C=O) groups is 1. The Bertz CT molecular complexity index is 961. The topological polar surface area (TPSA) is 81.0 Å². The SMILES string of the molecule is CCN(/C=C/NC(=O)CCNC1(c2ccc(C)c(Cl)c2)CC1)c1ccc(C#N)cn1. The lowest BCUT2D eigenvalue weighted by atomic mass is 10.0. The number of hydrogen-bond donors (Lipinski definition) is 2. The van der Waals surface area contributed by atoms with Gasteiger partial charge in [-0.1, -0.05) is 23.7 Å². The summed E-state index contributed by atoms with van der Waals surface area (Å²) in [6.45, 7) is 5.27. The monoisotopic (exact) mass is 423 g/mol. The number of nitrogens with zero attached hydrogens (tertiary/aromatic N) is 3. The standard InChI is InChI=1S/C23H26ClN5O/c1-3-29(21-7-5-18(15-25)16-27-21)13-12-26-22(30)8-11-28-23(9-10-23)19-6-4-17(2)20(24)14-19/h4-7,12-14,16,28H,3,8-11H2,1-2H3,(H,26,30)/b13-12+. The van der Waals surface area contributed by atoms with E-state index >= 15 is 0 Å². The number of nitrogens with one attached hydrogen (secondary N) is 2. The Morgan fingerprint density at radius 2 is 2.17 bits per heavy atom. The minimum Gasteiger partial charge on any atom is -0.332 e.